The Balaban J connectivity index is 2.36. The lowest BCUT2D eigenvalue weighted by molar-refractivity contribution is 0.0389. The Morgan fingerprint density at radius 1 is 1.25 bits per heavy atom. The van der Waals surface area contributed by atoms with Gasteiger partial charge in [0.2, 0.25) is 0 Å². The van der Waals surface area contributed by atoms with Crippen molar-refractivity contribution in [3.8, 4) is 6.08 Å². The van der Waals surface area contributed by atoms with Crippen LogP contribution in [0.4, 0.5) is 0 Å². The first-order chi connectivity index (χ1) is 9.52. The Hall–Kier alpha value is -1.59. The molecule has 0 spiro atoms. The molecule has 0 radical (unpaired) electrons. The van der Waals surface area contributed by atoms with Crippen LogP contribution in [0.1, 0.15) is 57.6 Å². The third-order valence-electron chi connectivity index (χ3n) is 2.67. The van der Waals surface area contributed by atoms with Crippen molar-refractivity contribution in [2.24, 2.45) is 11.8 Å². The van der Waals surface area contributed by atoms with Gasteiger partial charge >= 0.3 is 17.9 Å². The standard InChI is InChI=1S/C14H24N2O4/c1-5-6-7-11(4)9-18-13(17)12-15-16-14(20-12)19-8-10(2)3/h10-11H,5-9H2,1-4H3. The van der Waals surface area contributed by atoms with Crippen molar-refractivity contribution in [3.05, 3.63) is 5.89 Å². The fourth-order valence-electron chi connectivity index (χ4n) is 1.50. The molecule has 1 rings (SSSR count). The van der Waals surface area contributed by atoms with E-state index in [9.17, 15) is 4.79 Å². The summed E-state index contributed by atoms with van der Waals surface area (Å²) in [5.74, 6) is -0.0816. The maximum atomic E-state index is 11.7. The summed E-state index contributed by atoms with van der Waals surface area (Å²) in [6.45, 7) is 9.02. The van der Waals surface area contributed by atoms with Gasteiger partial charge in [0.15, 0.2) is 0 Å². The lowest BCUT2D eigenvalue weighted by Crippen LogP contribution is -2.12. The second-order valence-corrected chi connectivity index (χ2v) is 5.42. The number of carbonyl (C=O) groups is 1. The molecule has 6 nitrogen and oxygen atoms in total. The van der Waals surface area contributed by atoms with Crippen LogP contribution in [0.2, 0.25) is 0 Å². The maximum Gasteiger partial charge on any atom is 0.415 e. The van der Waals surface area contributed by atoms with E-state index in [0.717, 1.165) is 19.3 Å². The van der Waals surface area contributed by atoms with Gasteiger partial charge in [-0.2, -0.15) is 0 Å². The van der Waals surface area contributed by atoms with Gasteiger partial charge in [-0.15, -0.1) is 0 Å². The monoisotopic (exact) mass is 284 g/mol. The zero-order valence-corrected chi connectivity index (χ0v) is 12.7. The number of rotatable bonds is 9. The van der Waals surface area contributed by atoms with Crippen molar-refractivity contribution >= 4 is 5.97 Å². The molecule has 0 N–H and O–H groups in total. The van der Waals surface area contributed by atoms with E-state index in [4.69, 9.17) is 13.9 Å². The van der Waals surface area contributed by atoms with E-state index in [-0.39, 0.29) is 12.0 Å². The zero-order chi connectivity index (χ0) is 15.0. The minimum atomic E-state index is -0.597. The number of ether oxygens (including phenoxy) is 2. The fourth-order valence-corrected chi connectivity index (χ4v) is 1.50. The van der Waals surface area contributed by atoms with Gasteiger partial charge in [-0.1, -0.05) is 50.7 Å². The number of hydrogen-bond acceptors (Lipinski definition) is 6. The molecule has 0 saturated heterocycles. The molecular weight excluding hydrogens is 260 g/mol. The number of nitrogens with zero attached hydrogens (tertiary/aromatic N) is 2. The molecular formula is C14H24N2O4. The third kappa shape index (κ3) is 6.04. The van der Waals surface area contributed by atoms with Crippen molar-refractivity contribution < 1.29 is 18.7 Å². The molecule has 0 saturated carbocycles. The predicted molar refractivity (Wildman–Crippen MR) is 73.6 cm³/mol. The summed E-state index contributed by atoms with van der Waals surface area (Å²) < 4.78 is 15.5. The molecule has 0 fully saturated rings. The maximum absolute atomic E-state index is 11.7. The van der Waals surface area contributed by atoms with Crippen molar-refractivity contribution in [3.63, 3.8) is 0 Å². The van der Waals surface area contributed by atoms with Gasteiger partial charge in [-0.3, -0.25) is 0 Å². The van der Waals surface area contributed by atoms with Crippen molar-refractivity contribution in [2.45, 2.75) is 47.0 Å². The molecule has 1 atom stereocenters. The van der Waals surface area contributed by atoms with Crippen molar-refractivity contribution in [2.75, 3.05) is 13.2 Å². The summed E-state index contributed by atoms with van der Waals surface area (Å²) in [6, 6.07) is 0. The van der Waals surface area contributed by atoms with Crippen LogP contribution in [0.15, 0.2) is 4.42 Å². The summed E-state index contributed by atoms with van der Waals surface area (Å²) in [6.07, 6.45) is 3.31. The normalized spacial score (nSPS) is 12.4. The van der Waals surface area contributed by atoms with Crippen LogP contribution >= 0.6 is 0 Å². The number of carbonyl (C=O) groups excluding carboxylic acids is 1. The smallest absolute Gasteiger partial charge is 0.415 e. The van der Waals surface area contributed by atoms with Gasteiger partial charge in [0.1, 0.15) is 0 Å². The largest absolute Gasteiger partial charge is 0.458 e. The van der Waals surface area contributed by atoms with E-state index in [1.807, 2.05) is 20.8 Å². The van der Waals surface area contributed by atoms with E-state index in [0.29, 0.717) is 25.0 Å². The minimum absolute atomic E-state index is 0.00433. The molecule has 114 valence electrons. The highest BCUT2D eigenvalue weighted by Gasteiger charge is 2.18. The van der Waals surface area contributed by atoms with Gasteiger partial charge in [0.05, 0.1) is 13.2 Å². The predicted octanol–water partition coefficient (Wildman–Crippen LogP) is 3.09. The lowest BCUT2D eigenvalue weighted by Gasteiger charge is -2.09. The number of hydrogen-bond donors (Lipinski definition) is 0. The van der Waals surface area contributed by atoms with Gasteiger partial charge in [0.25, 0.3) is 0 Å². The van der Waals surface area contributed by atoms with Crippen molar-refractivity contribution in [1.82, 2.24) is 10.2 Å². The first kappa shape index (κ1) is 16.5. The summed E-state index contributed by atoms with van der Waals surface area (Å²) in [7, 11) is 0. The molecule has 0 aliphatic rings. The number of unbranched alkanes of at least 4 members (excludes halogenated alkanes) is 1. The summed E-state index contributed by atoms with van der Waals surface area (Å²) in [4.78, 5) is 11.7. The lowest BCUT2D eigenvalue weighted by atomic mass is 10.1. The van der Waals surface area contributed by atoms with E-state index >= 15 is 0 Å². The highest BCUT2D eigenvalue weighted by molar-refractivity contribution is 5.83. The fraction of sp³-hybridized carbons (Fsp3) is 0.786. The molecule has 0 aliphatic carbocycles. The number of esters is 1. The Bertz CT molecular complexity index is 404. The summed E-state index contributed by atoms with van der Waals surface area (Å²) >= 11 is 0. The highest BCUT2D eigenvalue weighted by atomic mass is 16.6. The Morgan fingerprint density at radius 2 is 2.00 bits per heavy atom. The van der Waals surface area contributed by atoms with E-state index in [1.165, 1.54) is 0 Å². The molecule has 0 amide bonds. The SMILES string of the molecule is CCCCC(C)COC(=O)c1nnc(OCC(C)C)o1. The van der Waals surface area contributed by atoms with Gasteiger partial charge in [-0.05, 0) is 18.3 Å². The topological polar surface area (TPSA) is 74.5 Å². The van der Waals surface area contributed by atoms with Crippen molar-refractivity contribution in [1.29, 1.82) is 0 Å². The summed E-state index contributed by atoms with van der Waals surface area (Å²) in [5, 5.41) is 7.26. The molecule has 0 aromatic carbocycles. The molecule has 1 aromatic heterocycles. The quantitative estimate of drug-likeness (QED) is 0.649. The van der Waals surface area contributed by atoms with Crippen LogP contribution in [0.3, 0.4) is 0 Å². The molecule has 0 bridgehead atoms. The average molecular weight is 284 g/mol. The molecule has 0 aliphatic heterocycles. The zero-order valence-electron chi connectivity index (χ0n) is 12.7. The molecule has 20 heavy (non-hydrogen) atoms. The highest BCUT2D eigenvalue weighted by Crippen LogP contribution is 2.12. The van der Waals surface area contributed by atoms with Crippen LogP contribution < -0.4 is 4.74 Å². The van der Waals surface area contributed by atoms with Crippen LogP contribution in [-0.4, -0.2) is 29.4 Å². The molecule has 6 heteroatoms. The average Bonchev–Trinajstić information content (AvgIpc) is 2.89. The van der Waals surface area contributed by atoms with E-state index < -0.39 is 5.97 Å². The van der Waals surface area contributed by atoms with Crippen LogP contribution in [0, 0.1) is 11.8 Å². The first-order valence-electron chi connectivity index (χ1n) is 7.16. The number of aromatic nitrogens is 2. The second-order valence-electron chi connectivity index (χ2n) is 5.42. The van der Waals surface area contributed by atoms with Crippen LogP contribution in [-0.2, 0) is 4.74 Å². The molecule has 1 unspecified atom stereocenters. The third-order valence-corrected chi connectivity index (χ3v) is 2.67. The van der Waals surface area contributed by atoms with Gasteiger partial charge in [0, 0.05) is 0 Å². The molecule has 1 aromatic rings. The Kier molecular flexibility index (Phi) is 7.04. The molecule has 1 heterocycles. The Morgan fingerprint density at radius 3 is 2.65 bits per heavy atom. The summed E-state index contributed by atoms with van der Waals surface area (Å²) in [5.41, 5.74) is 0. The van der Waals surface area contributed by atoms with Gasteiger partial charge < -0.3 is 13.9 Å². The second kappa shape index (κ2) is 8.55. The first-order valence-corrected chi connectivity index (χ1v) is 7.16. The minimum Gasteiger partial charge on any atom is -0.458 e. The van der Waals surface area contributed by atoms with E-state index in [1.54, 1.807) is 0 Å². The van der Waals surface area contributed by atoms with Crippen LogP contribution in [0.5, 0.6) is 6.08 Å². The Labute approximate surface area is 119 Å². The van der Waals surface area contributed by atoms with Crippen LogP contribution in [0.25, 0.3) is 0 Å². The van der Waals surface area contributed by atoms with E-state index in [2.05, 4.69) is 17.1 Å². The van der Waals surface area contributed by atoms with Gasteiger partial charge in [-0.25, -0.2) is 4.79 Å².